The van der Waals surface area contributed by atoms with Crippen molar-refractivity contribution >= 4 is 11.8 Å². The Hall–Kier alpha value is -3.60. The molecule has 2 amide bonds. The molecule has 0 spiro atoms. The first-order valence-electron chi connectivity index (χ1n) is 13.3. The molecule has 1 aliphatic rings. The number of carbonyl (C=O) groups excluding carboxylic acids is 2. The van der Waals surface area contributed by atoms with E-state index in [1.54, 1.807) is 4.90 Å². The van der Waals surface area contributed by atoms with Crippen molar-refractivity contribution in [3.8, 4) is 5.75 Å². The molecule has 1 N–H and O–H groups in total. The first-order valence-corrected chi connectivity index (χ1v) is 13.3. The Morgan fingerprint density at radius 2 is 1.54 bits per heavy atom. The summed E-state index contributed by atoms with van der Waals surface area (Å²) in [5.41, 5.74) is 5.23. The summed E-state index contributed by atoms with van der Waals surface area (Å²) >= 11 is 0. The van der Waals surface area contributed by atoms with Crippen LogP contribution in [0.25, 0.3) is 0 Å². The lowest BCUT2D eigenvalue weighted by Gasteiger charge is -2.32. The van der Waals surface area contributed by atoms with Gasteiger partial charge in [0, 0.05) is 19.0 Å². The van der Waals surface area contributed by atoms with Gasteiger partial charge in [-0.3, -0.25) is 9.59 Å². The molecule has 0 unspecified atom stereocenters. The number of aryl methyl sites for hydroxylation is 2. The van der Waals surface area contributed by atoms with E-state index in [-0.39, 0.29) is 24.5 Å². The fraction of sp³-hybridized carbons (Fsp3) is 0.375. The van der Waals surface area contributed by atoms with Gasteiger partial charge in [-0.05, 0) is 67.5 Å². The van der Waals surface area contributed by atoms with Crippen molar-refractivity contribution in [1.29, 1.82) is 0 Å². The summed E-state index contributed by atoms with van der Waals surface area (Å²) in [5.74, 6) is 0.410. The van der Waals surface area contributed by atoms with E-state index in [1.807, 2.05) is 87.5 Å². The Balaban J connectivity index is 1.61. The van der Waals surface area contributed by atoms with E-state index in [1.165, 1.54) is 0 Å². The van der Waals surface area contributed by atoms with Crippen LogP contribution in [-0.4, -0.2) is 35.4 Å². The zero-order valence-corrected chi connectivity index (χ0v) is 22.2. The fourth-order valence-corrected chi connectivity index (χ4v) is 5.07. The summed E-state index contributed by atoms with van der Waals surface area (Å²) in [4.78, 5) is 29.2. The molecule has 0 aliphatic heterocycles. The Bertz CT molecular complexity index is 1190. The zero-order valence-electron chi connectivity index (χ0n) is 22.2. The second-order valence-electron chi connectivity index (χ2n) is 10.2. The van der Waals surface area contributed by atoms with Crippen molar-refractivity contribution < 1.29 is 14.3 Å². The molecule has 0 aromatic heterocycles. The van der Waals surface area contributed by atoms with Crippen LogP contribution in [-0.2, 0) is 22.6 Å². The van der Waals surface area contributed by atoms with E-state index in [2.05, 4.69) is 11.4 Å². The van der Waals surface area contributed by atoms with Crippen LogP contribution in [0, 0.1) is 20.8 Å². The minimum Gasteiger partial charge on any atom is -0.483 e. The number of hydrogen-bond acceptors (Lipinski definition) is 3. The molecule has 0 saturated heterocycles. The number of nitrogens with zero attached hydrogens (tertiary/aromatic N) is 1. The maximum absolute atomic E-state index is 13.8. The predicted octanol–water partition coefficient (Wildman–Crippen LogP) is 5.69. The van der Waals surface area contributed by atoms with E-state index >= 15 is 0 Å². The van der Waals surface area contributed by atoms with Gasteiger partial charge in [0.15, 0.2) is 6.61 Å². The minimum atomic E-state index is -0.639. The molecule has 37 heavy (non-hydrogen) atoms. The third kappa shape index (κ3) is 7.22. The second kappa shape index (κ2) is 12.6. The van der Waals surface area contributed by atoms with Gasteiger partial charge in [0.25, 0.3) is 5.91 Å². The van der Waals surface area contributed by atoms with Crippen molar-refractivity contribution in [2.45, 2.75) is 71.5 Å². The van der Waals surface area contributed by atoms with Gasteiger partial charge in [-0.2, -0.15) is 0 Å². The lowest BCUT2D eigenvalue weighted by molar-refractivity contribution is -0.143. The van der Waals surface area contributed by atoms with Gasteiger partial charge < -0.3 is 15.0 Å². The molecule has 3 aromatic carbocycles. The number of amides is 2. The molecule has 0 heterocycles. The number of hydrogen-bond donors (Lipinski definition) is 1. The second-order valence-corrected chi connectivity index (χ2v) is 10.2. The van der Waals surface area contributed by atoms with Crippen LogP contribution in [0.4, 0.5) is 0 Å². The average Bonchev–Trinajstić information content (AvgIpc) is 3.41. The lowest BCUT2D eigenvalue weighted by Crippen LogP contribution is -2.53. The van der Waals surface area contributed by atoms with E-state index in [0.29, 0.717) is 18.7 Å². The quantitative estimate of drug-likeness (QED) is 0.391. The van der Waals surface area contributed by atoms with Gasteiger partial charge in [-0.1, -0.05) is 79.6 Å². The minimum absolute atomic E-state index is 0.0948. The molecule has 1 saturated carbocycles. The highest BCUT2D eigenvalue weighted by atomic mass is 16.5. The Morgan fingerprint density at radius 3 is 2.19 bits per heavy atom. The van der Waals surface area contributed by atoms with Crippen LogP contribution < -0.4 is 10.1 Å². The number of benzene rings is 3. The van der Waals surface area contributed by atoms with E-state index in [0.717, 1.165) is 53.5 Å². The first-order chi connectivity index (χ1) is 17.9. The van der Waals surface area contributed by atoms with Gasteiger partial charge in [-0.25, -0.2) is 0 Å². The first kappa shape index (κ1) is 26.5. The summed E-state index contributed by atoms with van der Waals surface area (Å²) in [6.45, 7) is 6.28. The summed E-state index contributed by atoms with van der Waals surface area (Å²) < 4.78 is 6.07. The molecule has 1 atom stereocenters. The third-order valence-corrected chi connectivity index (χ3v) is 7.28. The van der Waals surface area contributed by atoms with E-state index in [9.17, 15) is 9.59 Å². The molecular weight excluding hydrogens is 460 g/mol. The molecule has 0 radical (unpaired) electrons. The van der Waals surface area contributed by atoms with Crippen LogP contribution in [0.15, 0.2) is 72.8 Å². The number of carbonyl (C=O) groups is 2. The van der Waals surface area contributed by atoms with Crippen LogP contribution in [0.5, 0.6) is 5.75 Å². The molecule has 4 rings (SSSR count). The third-order valence-electron chi connectivity index (χ3n) is 7.28. The molecule has 5 heteroatoms. The van der Waals surface area contributed by atoms with Crippen molar-refractivity contribution in [1.82, 2.24) is 10.2 Å². The van der Waals surface area contributed by atoms with E-state index in [4.69, 9.17) is 4.74 Å². The van der Waals surface area contributed by atoms with Gasteiger partial charge in [-0.15, -0.1) is 0 Å². The zero-order chi connectivity index (χ0) is 26.2. The monoisotopic (exact) mass is 498 g/mol. The Labute approximate surface area is 220 Å². The lowest BCUT2D eigenvalue weighted by atomic mass is 10.0. The summed E-state index contributed by atoms with van der Waals surface area (Å²) in [5, 5.41) is 3.24. The maximum atomic E-state index is 13.8. The normalized spacial score (nSPS) is 14.2. The molecule has 194 valence electrons. The van der Waals surface area contributed by atoms with Crippen LogP contribution in [0.2, 0.25) is 0 Å². The Morgan fingerprint density at radius 1 is 0.919 bits per heavy atom. The Kier molecular flexibility index (Phi) is 8.99. The van der Waals surface area contributed by atoms with Crippen LogP contribution in [0.3, 0.4) is 0 Å². The predicted molar refractivity (Wildman–Crippen MR) is 147 cm³/mol. The van der Waals surface area contributed by atoms with Crippen LogP contribution in [0.1, 0.15) is 53.5 Å². The molecular formula is C32H38N2O3. The molecule has 5 nitrogen and oxygen atoms in total. The smallest absolute Gasteiger partial charge is 0.261 e. The van der Waals surface area contributed by atoms with Crippen molar-refractivity contribution in [2.75, 3.05) is 6.61 Å². The average molecular weight is 499 g/mol. The van der Waals surface area contributed by atoms with Gasteiger partial charge in [0.1, 0.15) is 11.8 Å². The van der Waals surface area contributed by atoms with Gasteiger partial charge in [0.05, 0.1) is 0 Å². The van der Waals surface area contributed by atoms with Crippen molar-refractivity contribution in [3.05, 3.63) is 101 Å². The highest BCUT2D eigenvalue weighted by Crippen LogP contribution is 2.24. The number of ether oxygens (including phenoxy) is 1. The SMILES string of the molecule is Cc1cc(C)c(C)c(OCC(=O)N(Cc2ccccc2)[C@@H](Cc2ccccc2)C(=O)NC2CCCC2)c1. The molecule has 3 aromatic rings. The highest BCUT2D eigenvalue weighted by Gasteiger charge is 2.32. The van der Waals surface area contributed by atoms with Crippen molar-refractivity contribution in [3.63, 3.8) is 0 Å². The maximum Gasteiger partial charge on any atom is 0.261 e. The largest absolute Gasteiger partial charge is 0.483 e. The number of nitrogens with one attached hydrogen (secondary N) is 1. The summed E-state index contributed by atoms with van der Waals surface area (Å²) in [6.07, 6.45) is 4.69. The standard InChI is InChI=1S/C32H38N2O3/c1-23-18-24(2)25(3)30(19-23)37-22-31(35)34(21-27-14-8-5-9-15-27)29(20-26-12-6-4-7-13-26)32(36)33-28-16-10-11-17-28/h4-9,12-15,18-19,28-29H,10-11,16-17,20-22H2,1-3H3,(H,33,36)/t29-/m0/s1. The molecule has 1 fully saturated rings. The fourth-order valence-electron chi connectivity index (χ4n) is 5.07. The van der Waals surface area contributed by atoms with E-state index < -0.39 is 6.04 Å². The molecule has 1 aliphatic carbocycles. The topological polar surface area (TPSA) is 58.6 Å². The summed E-state index contributed by atoms with van der Waals surface area (Å²) in [7, 11) is 0. The summed E-state index contributed by atoms with van der Waals surface area (Å²) in [6, 6.07) is 23.4. The van der Waals surface area contributed by atoms with Crippen molar-refractivity contribution in [2.24, 2.45) is 0 Å². The van der Waals surface area contributed by atoms with Crippen LogP contribution >= 0.6 is 0 Å². The van der Waals surface area contributed by atoms with Gasteiger partial charge in [0.2, 0.25) is 5.91 Å². The highest BCUT2D eigenvalue weighted by molar-refractivity contribution is 5.88. The molecule has 0 bridgehead atoms. The van der Waals surface area contributed by atoms with Gasteiger partial charge >= 0.3 is 0 Å². The number of rotatable bonds is 10.